The van der Waals surface area contributed by atoms with Crippen LogP contribution in [-0.2, 0) is 33.3 Å². The summed E-state index contributed by atoms with van der Waals surface area (Å²) in [7, 11) is 5.93. The van der Waals surface area contributed by atoms with Crippen LogP contribution in [0.2, 0.25) is 0 Å². The van der Waals surface area contributed by atoms with Gasteiger partial charge in [-0.1, -0.05) is 292 Å². The van der Waals surface area contributed by atoms with E-state index in [-0.39, 0.29) is 38.6 Å². The number of allylic oxidation sites excluding steroid dienone is 12. The van der Waals surface area contributed by atoms with Crippen molar-refractivity contribution >= 4 is 17.9 Å². The molecular weight excluding hydrogens is 1030 g/mol. The summed E-state index contributed by atoms with van der Waals surface area (Å²) in [5, 5.41) is 11.8. The first-order valence-corrected chi connectivity index (χ1v) is 35.1. The highest BCUT2D eigenvalue weighted by atomic mass is 16.7. The Kier molecular flexibility index (Phi) is 62.2. The van der Waals surface area contributed by atoms with Gasteiger partial charge in [0.15, 0.2) is 12.4 Å². The van der Waals surface area contributed by atoms with Gasteiger partial charge < -0.3 is 33.3 Å². The van der Waals surface area contributed by atoms with E-state index in [0.29, 0.717) is 17.4 Å². The van der Waals surface area contributed by atoms with Gasteiger partial charge in [0.05, 0.1) is 40.3 Å². The van der Waals surface area contributed by atoms with Gasteiger partial charge in [-0.2, -0.15) is 0 Å². The number of esters is 2. The van der Waals surface area contributed by atoms with E-state index in [1.165, 1.54) is 231 Å². The first-order chi connectivity index (χ1) is 40.6. The lowest BCUT2D eigenvalue weighted by Gasteiger charge is -2.26. The van der Waals surface area contributed by atoms with Crippen molar-refractivity contribution in [2.24, 2.45) is 0 Å². The number of aliphatic carboxylic acids is 1. The predicted octanol–water partition coefficient (Wildman–Crippen LogP) is 20.4. The highest BCUT2D eigenvalue weighted by Gasteiger charge is 2.22. The van der Waals surface area contributed by atoms with Gasteiger partial charge in [-0.25, -0.2) is 0 Å². The van der Waals surface area contributed by atoms with E-state index >= 15 is 0 Å². The summed E-state index contributed by atoms with van der Waals surface area (Å²) in [6, 6.07) is 0. The zero-order chi connectivity index (χ0) is 60.5. The number of rotatable bonds is 65. The van der Waals surface area contributed by atoms with Gasteiger partial charge in [0, 0.05) is 12.8 Å². The number of hydrogen-bond donors (Lipinski definition) is 0. The van der Waals surface area contributed by atoms with Gasteiger partial charge in [-0.05, 0) is 89.9 Å². The second-order valence-electron chi connectivity index (χ2n) is 24.8. The normalized spacial score (nSPS) is 13.1. The number of carbonyl (C=O) groups excluding carboxylic acids is 3. The van der Waals surface area contributed by atoms with Crippen molar-refractivity contribution in [1.29, 1.82) is 0 Å². The average molecular weight is 1160 g/mol. The predicted molar refractivity (Wildman–Crippen MR) is 352 cm³/mol. The van der Waals surface area contributed by atoms with Gasteiger partial charge in [0.25, 0.3) is 0 Å². The lowest BCUT2D eigenvalue weighted by molar-refractivity contribution is -0.870. The number of ether oxygens (including phenoxy) is 4. The van der Waals surface area contributed by atoms with Gasteiger partial charge in [-0.3, -0.25) is 9.59 Å². The maximum absolute atomic E-state index is 12.9. The molecule has 0 spiro atoms. The molecule has 2 unspecified atom stereocenters. The first kappa shape index (κ1) is 79.7. The SMILES string of the molecule is CCCCCCC/C=C\C/C=C\C/C=C\CCCCCCCCCCCCCCCCCCCCC(=O)OC(COC(=O)CCCCCCCCCCCC/C=C\C/C=C\C/C=C\CCCCCCC)COC(OCC[N+](C)(C)C)C(=O)[O-]. The molecular formula is C74H133NO8. The summed E-state index contributed by atoms with van der Waals surface area (Å²) in [5.74, 6) is -2.27. The third-order valence-electron chi connectivity index (χ3n) is 15.4. The molecule has 0 saturated heterocycles. The molecule has 0 fully saturated rings. The summed E-state index contributed by atoms with van der Waals surface area (Å²) in [6.45, 7) is 4.76. The summed E-state index contributed by atoms with van der Waals surface area (Å²) in [6.07, 6.45) is 82.6. The molecule has 0 amide bonds. The number of hydrogen-bond acceptors (Lipinski definition) is 8. The second kappa shape index (κ2) is 64.7. The molecule has 482 valence electrons. The number of quaternary nitrogens is 1. The molecule has 0 aliphatic rings. The smallest absolute Gasteiger partial charge is 0.306 e. The number of carboxylic acid groups (broad SMARTS) is 1. The molecule has 0 aromatic carbocycles. The van der Waals surface area contributed by atoms with Crippen molar-refractivity contribution < 1.29 is 42.9 Å². The lowest BCUT2D eigenvalue weighted by atomic mass is 10.0. The quantitative estimate of drug-likeness (QED) is 0.0195. The van der Waals surface area contributed by atoms with Crippen molar-refractivity contribution in [2.75, 3.05) is 47.5 Å². The van der Waals surface area contributed by atoms with Gasteiger partial charge in [-0.15, -0.1) is 0 Å². The van der Waals surface area contributed by atoms with Crippen molar-refractivity contribution in [2.45, 2.75) is 334 Å². The minimum Gasteiger partial charge on any atom is -0.545 e. The fourth-order valence-electron chi connectivity index (χ4n) is 10.0. The number of unbranched alkanes of at least 4 members (excludes halogenated alkanes) is 38. The fourth-order valence-corrected chi connectivity index (χ4v) is 10.0. The Morgan fingerprint density at radius 2 is 0.651 bits per heavy atom. The first-order valence-electron chi connectivity index (χ1n) is 35.1. The topological polar surface area (TPSA) is 111 Å². The maximum Gasteiger partial charge on any atom is 0.306 e. The van der Waals surface area contributed by atoms with E-state index in [9.17, 15) is 19.5 Å². The van der Waals surface area contributed by atoms with Crippen molar-refractivity contribution in [3.63, 3.8) is 0 Å². The van der Waals surface area contributed by atoms with E-state index in [4.69, 9.17) is 18.9 Å². The average Bonchev–Trinajstić information content (AvgIpc) is 3.46. The van der Waals surface area contributed by atoms with E-state index in [2.05, 4.69) is 86.8 Å². The fraction of sp³-hybridized carbons (Fsp3) is 0.797. The molecule has 0 aliphatic carbocycles. The van der Waals surface area contributed by atoms with Crippen LogP contribution >= 0.6 is 0 Å². The minimum absolute atomic E-state index is 0.146. The van der Waals surface area contributed by atoms with Crippen LogP contribution in [0.1, 0.15) is 322 Å². The standard InChI is InChI=1S/C74H133NO8/c1-6-8-10-12-14-16-18-20-22-24-26-28-30-32-33-34-35-36-37-38-39-41-43-45-47-49-51-53-55-57-59-61-63-65-72(77)83-70(69-82-74(73(78)79)80-67-66-75(3,4)5)68-81-71(76)64-62-60-58-56-54-52-50-48-46-44-42-40-31-29-27-25-23-21-19-17-15-13-11-9-7-2/h18-21,24-27,30-32,40,70,74H,6-17,22-23,28-29,33-39,41-69H2,1-5H3/b20-18-,21-19-,26-24-,27-25-,32-30-,40-31-. The van der Waals surface area contributed by atoms with Crippen LogP contribution in [-0.4, -0.2) is 82.3 Å². The maximum atomic E-state index is 12.9. The molecule has 0 rings (SSSR count). The van der Waals surface area contributed by atoms with E-state index < -0.39 is 24.3 Å². The van der Waals surface area contributed by atoms with Crippen LogP contribution in [0.15, 0.2) is 72.9 Å². The molecule has 0 aliphatic heterocycles. The lowest BCUT2D eigenvalue weighted by Crippen LogP contribution is -2.44. The minimum atomic E-state index is -1.62. The van der Waals surface area contributed by atoms with E-state index in [0.717, 1.165) is 57.8 Å². The Hall–Kier alpha value is -3.27. The number of likely N-dealkylation sites (N-methyl/N-ethyl adjacent to an activating group) is 1. The van der Waals surface area contributed by atoms with Crippen LogP contribution < -0.4 is 5.11 Å². The van der Waals surface area contributed by atoms with Crippen molar-refractivity contribution in [1.82, 2.24) is 0 Å². The third-order valence-corrected chi connectivity index (χ3v) is 15.4. The molecule has 9 nitrogen and oxygen atoms in total. The highest BCUT2D eigenvalue weighted by molar-refractivity contribution is 5.70. The van der Waals surface area contributed by atoms with Crippen LogP contribution in [0.25, 0.3) is 0 Å². The number of nitrogens with zero attached hydrogens (tertiary/aromatic N) is 1. The molecule has 0 saturated carbocycles. The molecule has 0 bridgehead atoms. The molecule has 0 aromatic heterocycles. The van der Waals surface area contributed by atoms with Gasteiger partial charge >= 0.3 is 11.9 Å². The molecule has 0 radical (unpaired) electrons. The molecule has 2 atom stereocenters. The summed E-state index contributed by atoms with van der Waals surface area (Å²) in [4.78, 5) is 37.5. The Morgan fingerprint density at radius 1 is 0.361 bits per heavy atom. The molecule has 83 heavy (non-hydrogen) atoms. The van der Waals surface area contributed by atoms with E-state index in [1.807, 2.05) is 21.1 Å². The summed E-state index contributed by atoms with van der Waals surface area (Å²) >= 11 is 0. The Labute approximate surface area is 513 Å². The van der Waals surface area contributed by atoms with Gasteiger partial charge in [0.1, 0.15) is 13.2 Å². The zero-order valence-corrected chi connectivity index (χ0v) is 55.1. The zero-order valence-electron chi connectivity index (χ0n) is 55.1. The van der Waals surface area contributed by atoms with Crippen molar-refractivity contribution in [3.05, 3.63) is 72.9 Å². The Balaban J connectivity index is 4.10. The molecule has 9 heteroatoms. The second-order valence-corrected chi connectivity index (χ2v) is 24.8. The molecule has 0 N–H and O–H groups in total. The van der Waals surface area contributed by atoms with Gasteiger partial charge in [0.2, 0.25) is 0 Å². The summed E-state index contributed by atoms with van der Waals surface area (Å²) < 4.78 is 22.8. The Bertz CT molecular complexity index is 1590. The van der Waals surface area contributed by atoms with Crippen LogP contribution in [0, 0.1) is 0 Å². The molecule has 0 aromatic rings. The number of carbonyl (C=O) groups is 3. The van der Waals surface area contributed by atoms with Crippen LogP contribution in [0.5, 0.6) is 0 Å². The van der Waals surface area contributed by atoms with E-state index in [1.54, 1.807) is 0 Å². The largest absolute Gasteiger partial charge is 0.545 e. The summed E-state index contributed by atoms with van der Waals surface area (Å²) in [5.41, 5.74) is 0. The third kappa shape index (κ3) is 66.1. The van der Waals surface area contributed by atoms with Crippen LogP contribution in [0.3, 0.4) is 0 Å². The monoisotopic (exact) mass is 1160 g/mol. The molecule has 0 heterocycles. The highest BCUT2D eigenvalue weighted by Crippen LogP contribution is 2.17. The number of carboxylic acids is 1. The van der Waals surface area contributed by atoms with Crippen molar-refractivity contribution in [3.8, 4) is 0 Å². The van der Waals surface area contributed by atoms with Crippen LogP contribution in [0.4, 0.5) is 0 Å². The Morgan fingerprint density at radius 3 is 0.964 bits per heavy atom.